The number of rotatable bonds is 3. The van der Waals surface area contributed by atoms with Crippen molar-refractivity contribution < 1.29 is 0 Å². The Morgan fingerprint density at radius 3 is 2.17 bits per heavy atom. The third-order valence-corrected chi connectivity index (χ3v) is 3.93. The lowest BCUT2D eigenvalue weighted by molar-refractivity contribution is 0.200. The maximum atomic E-state index is 6.52. The first-order valence-electron chi connectivity index (χ1n) is 7.25. The lowest BCUT2D eigenvalue weighted by Gasteiger charge is -2.34. The van der Waals surface area contributed by atoms with Gasteiger partial charge in [0.25, 0.3) is 0 Å². The summed E-state index contributed by atoms with van der Waals surface area (Å²) >= 11 is 0. The zero-order chi connectivity index (χ0) is 12.8. The van der Waals surface area contributed by atoms with Crippen LogP contribution < -0.4 is 5.73 Å². The van der Waals surface area contributed by atoms with E-state index < -0.39 is 0 Å². The summed E-state index contributed by atoms with van der Waals surface area (Å²) < 4.78 is 0. The summed E-state index contributed by atoms with van der Waals surface area (Å²) in [6.07, 6.45) is 6.81. The summed E-state index contributed by atoms with van der Waals surface area (Å²) in [5.41, 5.74) is 7.52. The van der Waals surface area contributed by atoms with Gasteiger partial charge in [-0.15, -0.1) is 0 Å². The molecule has 0 spiro atoms. The van der Waals surface area contributed by atoms with Crippen molar-refractivity contribution in [3.8, 4) is 0 Å². The highest BCUT2D eigenvalue weighted by molar-refractivity contribution is 5.23. The molecular formula is C16H26N2. The standard InChI is InChI=1S/C16H26N2/c1-16(17,15-10-6-5-7-11-15)14-18-12-8-3-2-4-9-13-18/h5-7,10-11H,2-4,8-9,12-14,17H2,1H3. The van der Waals surface area contributed by atoms with Crippen LogP contribution in [0.3, 0.4) is 0 Å². The molecule has 1 aliphatic heterocycles. The Balaban J connectivity index is 1.97. The molecule has 2 rings (SSSR count). The Morgan fingerprint density at radius 1 is 1.00 bits per heavy atom. The van der Waals surface area contributed by atoms with E-state index >= 15 is 0 Å². The van der Waals surface area contributed by atoms with E-state index in [9.17, 15) is 0 Å². The molecule has 1 heterocycles. The van der Waals surface area contributed by atoms with Gasteiger partial charge in [-0.25, -0.2) is 0 Å². The molecule has 1 unspecified atom stereocenters. The van der Waals surface area contributed by atoms with E-state index in [0.29, 0.717) is 0 Å². The van der Waals surface area contributed by atoms with Crippen molar-refractivity contribution in [2.75, 3.05) is 19.6 Å². The van der Waals surface area contributed by atoms with Gasteiger partial charge in [-0.1, -0.05) is 49.6 Å². The average Bonchev–Trinajstić information content (AvgIpc) is 2.34. The van der Waals surface area contributed by atoms with Crippen LogP contribution in [0.2, 0.25) is 0 Å². The molecule has 100 valence electrons. The predicted octanol–water partition coefficient (Wildman–Crippen LogP) is 3.13. The third kappa shape index (κ3) is 3.82. The van der Waals surface area contributed by atoms with Crippen molar-refractivity contribution in [3.05, 3.63) is 35.9 Å². The number of hydrogen-bond acceptors (Lipinski definition) is 2. The van der Waals surface area contributed by atoms with Gasteiger partial charge >= 0.3 is 0 Å². The van der Waals surface area contributed by atoms with Gasteiger partial charge in [-0.05, 0) is 38.4 Å². The van der Waals surface area contributed by atoms with Crippen LogP contribution in [0.4, 0.5) is 0 Å². The minimum Gasteiger partial charge on any atom is -0.321 e. The second-order valence-electron chi connectivity index (χ2n) is 5.83. The molecule has 2 heteroatoms. The molecule has 0 aliphatic carbocycles. The summed E-state index contributed by atoms with van der Waals surface area (Å²) in [6, 6.07) is 10.5. The first-order valence-corrected chi connectivity index (χ1v) is 7.25. The van der Waals surface area contributed by atoms with Crippen molar-refractivity contribution >= 4 is 0 Å². The Kier molecular flexibility index (Phi) is 4.79. The van der Waals surface area contributed by atoms with Crippen molar-refractivity contribution in [2.24, 2.45) is 5.73 Å². The van der Waals surface area contributed by atoms with Gasteiger partial charge in [0.1, 0.15) is 0 Å². The van der Waals surface area contributed by atoms with Gasteiger partial charge in [0.15, 0.2) is 0 Å². The van der Waals surface area contributed by atoms with Gasteiger partial charge in [0, 0.05) is 6.54 Å². The topological polar surface area (TPSA) is 29.3 Å². The number of benzene rings is 1. The molecule has 1 atom stereocenters. The largest absolute Gasteiger partial charge is 0.321 e. The molecule has 2 nitrogen and oxygen atoms in total. The average molecular weight is 246 g/mol. The van der Waals surface area contributed by atoms with Crippen LogP contribution in [0.25, 0.3) is 0 Å². The van der Waals surface area contributed by atoms with Gasteiger partial charge in [0.05, 0.1) is 5.54 Å². The van der Waals surface area contributed by atoms with Crippen molar-refractivity contribution in [2.45, 2.75) is 44.6 Å². The van der Waals surface area contributed by atoms with E-state index in [1.807, 2.05) is 0 Å². The quantitative estimate of drug-likeness (QED) is 0.888. The molecular weight excluding hydrogens is 220 g/mol. The summed E-state index contributed by atoms with van der Waals surface area (Å²) in [4.78, 5) is 2.55. The molecule has 1 aliphatic rings. The zero-order valence-electron chi connectivity index (χ0n) is 11.6. The van der Waals surface area contributed by atoms with Crippen LogP contribution in [-0.4, -0.2) is 24.5 Å². The summed E-state index contributed by atoms with van der Waals surface area (Å²) in [5.74, 6) is 0. The second-order valence-corrected chi connectivity index (χ2v) is 5.83. The molecule has 1 saturated heterocycles. The molecule has 18 heavy (non-hydrogen) atoms. The predicted molar refractivity (Wildman–Crippen MR) is 77.5 cm³/mol. The molecule has 1 aromatic rings. The highest BCUT2D eigenvalue weighted by Crippen LogP contribution is 2.20. The van der Waals surface area contributed by atoms with E-state index in [2.05, 4.69) is 42.2 Å². The Hall–Kier alpha value is -0.860. The smallest absolute Gasteiger partial charge is 0.0509 e. The first kappa shape index (κ1) is 13.6. The van der Waals surface area contributed by atoms with Crippen molar-refractivity contribution in [1.82, 2.24) is 4.90 Å². The fourth-order valence-electron chi connectivity index (χ4n) is 2.85. The third-order valence-electron chi connectivity index (χ3n) is 3.93. The summed E-state index contributed by atoms with van der Waals surface area (Å²) in [6.45, 7) is 5.54. The van der Waals surface area contributed by atoms with Gasteiger partial charge in [-0.3, -0.25) is 0 Å². The first-order chi connectivity index (χ1) is 8.68. The summed E-state index contributed by atoms with van der Waals surface area (Å²) in [5, 5.41) is 0. The molecule has 0 aromatic heterocycles. The Bertz CT molecular complexity index is 337. The molecule has 2 N–H and O–H groups in total. The van der Waals surface area contributed by atoms with Crippen LogP contribution in [-0.2, 0) is 5.54 Å². The summed E-state index contributed by atoms with van der Waals surface area (Å²) in [7, 11) is 0. The maximum Gasteiger partial charge on any atom is 0.0509 e. The SMILES string of the molecule is CC(N)(CN1CCCCCCC1)c1ccccc1. The van der Waals surface area contributed by atoms with E-state index in [4.69, 9.17) is 5.73 Å². The zero-order valence-corrected chi connectivity index (χ0v) is 11.6. The van der Waals surface area contributed by atoms with Gasteiger partial charge in [0.2, 0.25) is 0 Å². The van der Waals surface area contributed by atoms with Crippen LogP contribution in [0.5, 0.6) is 0 Å². The van der Waals surface area contributed by atoms with Crippen LogP contribution >= 0.6 is 0 Å². The van der Waals surface area contributed by atoms with E-state index in [0.717, 1.165) is 6.54 Å². The number of hydrogen-bond donors (Lipinski definition) is 1. The monoisotopic (exact) mass is 246 g/mol. The van der Waals surface area contributed by atoms with Crippen molar-refractivity contribution in [3.63, 3.8) is 0 Å². The van der Waals surface area contributed by atoms with E-state index in [-0.39, 0.29) is 5.54 Å². The normalized spacial score (nSPS) is 21.9. The molecule has 0 bridgehead atoms. The van der Waals surface area contributed by atoms with E-state index in [1.165, 1.54) is 50.8 Å². The maximum absolute atomic E-state index is 6.52. The molecule has 1 fully saturated rings. The minimum absolute atomic E-state index is 0.236. The Morgan fingerprint density at radius 2 is 1.56 bits per heavy atom. The lowest BCUT2D eigenvalue weighted by atomic mass is 9.92. The highest BCUT2D eigenvalue weighted by atomic mass is 15.1. The molecule has 0 saturated carbocycles. The molecule has 0 amide bonds. The number of likely N-dealkylation sites (tertiary alicyclic amines) is 1. The number of nitrogens with two attached hydrogens (primary N) is 1. The molecule has 1 aromatic carbocycles. The highest BCUT2D eigenvalue weighted by Gasteiger charge is 2.24. The van der Waals surface area contributed by atoms with Crippen LogP contribution in [0.15, 0.2) is 30.3 Å². The fraction of sp³-hybridized carbons (Fsp3) is 0.625. The Labute approximate surface area is 111 Å². The van der Waals surface area contributed by atoms with Crippen LogP contribution in [0.1, 0.15) is 44.6 Å². The van der Waals surface area contributed by atoms with Crippen molar-refractivity contribution in [1.29, 1.82) is 0 Å². The minimum atomic E-state index is -0.236. The fourth-order valence-corrected chi connectivity index (χ4v) is 2.85. The van der Waals surface area contributed by atoms with Crippen LogP contribution in [0, 0.1) is 0 Å². The second kappa shape index (κ2) is 6.35. The molecule has 0 radical (unpaired) electrons. The lowest BCUT2D eigenvalue weighted by Crippen LogP contribution is -2.46. The van der Waals surface area contributed by atoms with Gasteiger partial charge < -0.3 is 10.6 Å². The van der Waals surface area contributed by atoms with E-state index in [1.54, 1.807) is 0 Å². The van der Waals surface area contributed by atoms with Gasteiger partial charge in [-0.2, -0.15) is 0 Å². The number of nitrogens with zero attached hydrogens (tertiary/aromatic N) is 1.